The Morgan fingerprint density at radius 2 is 2.12 bits per heavy atom. The Labute approximate surface area is 100 Å². The van der Waals surface area contributed by atoms with E-state index in [9.17, 15) is 5.11 Å². The van der Waals surface area contributed by atoms with E-state index in [0.717, 1.165) is 13.1 Å². The molecule has 0 amide bonds. The molecule has 1 aliphatic heterocycles. The molecule has 0 bridgehead atoms. The summed E-state index contributed by atoms with van der Waals surface area (Å²) >= 11 is 0. The van der Waals surface area contributed by atoms with E-state index in [1.54, 1.807) is 0 Å². The molecule has 0 saturated carbocycles. The molecule has 1 aromatic rings. The van der Waals surface area contributed by atoms with Crippen molar-refractivity contribution < 1.29 is 5.11 Å². The van der Waals surface area contributed by atoms with E-state index in [2.05, 4.69) is 27.1 Å². The average Bonchev–Trinajstić information content (AvgIpc) is 2.68. The summed E-state index contributed by atoms with van der Waals surface area (Å²) in [5.74, 6) is 0.0645. The molecule has 1 aliphatic rings. The molecule has 1 aromatic carbocycles. The molecule has 1 saturated heterocycles. The molecule has 0 radical (unpaired) electrons. The first-order valence-electron chi connectivity index (χ1n) is 5.75. The van der Waals surface area contributed by atoms with E-state index in [1.165, 1.54) is 5.56 Å². The third-order valence-electron chi connectivity index (χ3n) is 3.11. The van der Waals surface area contributed by atoms with Crippen molar-refractivity contribution in [2.75, 3.05) is 19.6 Å². The molecule has 1 N–H and O–H groups in total. The Kier molecular flexibility index (Phi) is 3.98. The van der Waals surface area contributed by atoms with Gasteiger partial charge in [0.15, 0.2) is 0 Å². The largest absolute Gasteiger partial charge is 0.391 e. The average molecular weight is 232 g/mol. The Hall–Kier alpha value is -1.55. The minimum atomic E-state index is -0.385. The zero-order valence-corrected chi connectivity index (χ0v) is 9.61. The van der Waals surface area contributed by atoms with Crippen LogP contribution >= 0.6 is 0 Å². The fraction of sp³-hybridized carbons (Fsp3) is 0.500. The summed E-state index contributed by atoms with van der Waals surface area (Å²) in [6, 6.07) is 10.2. The minimum absolute atomic E-state index is 0.0645. The number of azide groups is 1. The standard InChI is InChI=1S/C12H16N4O/c13-15-14-6-11-8-16(9-12(11)17)7-10-4-2-1-3-5-10/h1-5,11-12,17H,6-9H2. The number of nitrogens with zero attached hydrogens (tertiary/aromatic N) is 4. The molecule has 1 heterocycles. The predicted molar refractivity (Wildman–Crippen MR) is 65.2 cm³/mol. The van der Waals surface area contributed by atoms with Gasteiger partial charge in [-0.2, -0.15) is 0 Å². The van der Waals surface area contributed by atoms with Crippen molar-refractivity contribution in [1.82, 2.24) is 4.90 Å². The summed E-state index contributed by atoms with van der Waals surface area (Å²) in [4.78, 5) is 4.93. The van der Waals surface area contributed by atoms with Crippen LogP contribution in [0.1, 0.15) is 5.56 Å². The Morgan fingerprint density at radius 1 is 1.35 bits per heavy atom. The summed E-state index contributed by atoms with van der Waals surface area (Å²) in [5.41, 5.74) is 9.52. The molecule has 0 aromatic heterocycles. The lowest BCUT2D eigenvalue weighted by Crippen LogP contribution is -2.21. The molecule has 5 nitrogen and oxygen atoms in total. The highest BCUT2D eigenvalue weighted by molar-refractivity contribution is 5.14. The molecule has 5 heteroatoms. The Balaban J connectivity index is 1.90. The highest BCUT2D eigenvalue weighted by Crippen LogP contribution is 2.19. The van der Waals surface area contributed by atoms with Gasteiger partial charge in [0.1, 0.15) is 0 Å². The third-order valence-corrected chi connectivity index (χ3v) is 3.11. The maximum Gasteiger partial charge on any atom is 0.0708 e. The van der Waals surface area contributed by atoms with Crippen LogP contribution in [-0.2, 0) is 6.54 Å². The van der Waals surface area contributed by atoms with Gasteiger partial charge in [0, 0.05) is 37.0 Å². The van der Waals surface area contributed by atoms with Crippen molar-refractivity contribution in [3.05, 3.63) is 46.3 Å². The van der Waals surface area contributed by atoms with Gasteiger partial charge >= 0.3 is 0 Å². The number of aliphatic hydroxyl groups excluding tert-OH is 1. The van der Waals surface area contributed by atoms with Gasteiger partial charge < -0.3 is 5.11 Å². The van der Waals surface area contributed by atoms with Crippen molar-refractivity contribution in [1.29, 1.82) is 0 Å². The van der Waals surface area contributed by atoms with Crippen LogP contribution in [0.25, 0.3) is 10.4 Å². The maximum atomic E-state index is 9.84. The van der Waals surface area contributed by atoms with E-state index in [4.69, 9.17) is 5.53 Å². The first-order chi connectivity index (χ1) is 8.29. The summed E-state index contributed by atoms with van der Waals surface area (Å²) in [6.07, 6.45) is -0.385. The van der Waals surface area contributed by atoms with Crippen molar-refractivity contribution in [3.8, 4) is 0 Å². The topological polar surface area (TPSA) is 72.2 Å². The molecule has 1 fully saturated rings. The first kappa shape index (κ1) is 11.9. The lowest BCUT2D eigenvalue weighted by Gasteiger charge is -2.14. The Morgan fingerprint density at radius 3 is 2.82 bits per heavy atom. The second-order valence-corrected chi connectivity index (χ2v) is 4.42. The zero-order chi connectivity index (χ0) is 12.1. The third kappa shape index (κ3) is 3.20. The molecule has 0 aliphatic carbocycles. The van der Waals surface area contributed by atoms with Gasteiger partial charge in [-0.15, -0.1) is 0 Å². The van der Waals surface area contributed by atoms with Crippen LogP contribution < -0.4 is 0 Å². The van der Waals surface area contributed by atoms with Crippen molar-refractivity contribution in [2.24, 2.45) is 11.0 Å². The van der Waals surface area contributed by atoms with E-state index < -0.39 is 0 Å². The van der Waals surface area contributed by atoms with Crippen LogP contribution in [0.4, 0.5) is 0 Å². The second-order valence-electron chi connectivity index (χ2n) is 4.42. The summed E-state index contributed by atoms with van der Waals surface area (Å²) in [5, 5.41) is 13.4. The first-order valence-corrected chi connectivity index (χ1v) is 5.75. The molecule has 2 atom stereocenters. The number of hydrogen-bond donors (Lipinski definition) is 1. The van der Waals surface area contributed by atoms with Crippen LogP contribution in [0, 0.1) is 5.92 Å². The molecule has 17 heavy (non-hydrogen) atoms. The molecule has 90 valence electrons. The van der Waals surface area contributed by atoms with Crippen molar-refractivity contribution >= 4 is 0 Å². The van der Waals surface area contributed by atoms with Gasteiger partial charge in [0.05, 0.1) is 6.10 Å². The number of likely N-dealkylation sites (tertiary alicyclic amines) is 1. The normalized spacial score (nSPS) is 24.5. The maximum absolute atomic E-state index is 9.84. The van der Waals surface area contributed by atoms with Crippen molar-refractivity contribution in [3.63, 3.8) is 0 Å². The van der Waals surface area contributed by atoms with Crippen LogP contribution in [0.5, 0.6) is 0 Å². The smallest absolute Gasteiger partial charge is 0.0708 e. The van der Waals surface area contributed by atoms with E-state index in [-0.39, 0.29) is 12.0 Å². The monoisotopic (exact) mass is 232 g/mol. The molecule has 2 rings (SSSR count). The molecule has 2 unspecified atom stereocenters. The SMILES string of the molecule is [N-]=[N+]=NCC1CN(Cc2ccccc2)CC1O. The number of aliphatic hydroxyl groups is 1. The van der Waals surface area contributed by atoms with Gasteiger partial charge in [0.25, 0.3) is 0 Å². The lowest BCUT2D eigenvalue weighted by atomic mass is 10.1. The summed E-state index contributed by atoms with van der Waals surface area (Å²) in [7, 11) is 0. The van der Waals surface area contributed by atoms with Gasteiger partial charge in [-0.3, -0.25) is 4.90 Å². The minimum Gasteiger partial charge on any atom is -0.391 e. The highest BCUT2D eigenvalue weighted by atomic mass is 16.3. The van der Waals surface area contributed by atoms with E-state index >= 15 is 0 Å². The molecular formula is C12H16N4O. The molecular weight excluding hydrogens is 216 g/mol. The number of rotatable bonds is 4. The number of benzene rings is 1. The van der Waals surface area contributed by atoms with E-state index in [1.807, 2.05) is 18.2 Å². The summed E-state index contributed by atoms with van der Waals surface area (Å²) in [6.45, 7) is 2.66. The lowest BCUT2D eigenvalue weighted by molar-refractivity contribution is 0.144. The van der Waals surface area contributed by atoms with Crippen LogP contribution in [0.3, 0.4) is 0 Å². The van der Waals surface area contributed by atoms with Crippen LogP contribution in [-0.4, -0.2) is 35.7 Å². The zero-order valence-electron chi connectivity index (χ0n) is 9.61. The molecule has 0 spiro atoms. The fourth-order valence-electron chi connectivity index (χ4n) is 2.23. The van der Waals surface area contributed by atoms with Gasteiger partial charge in [-0.1, -0.05) is 35.4 Å². The van der Waals surface area contributed by atoms with Gasteiger partial charge in [-0.25, -0.2) is 0 Å². The van der Waals surface area contributed by atoms with Gasteiger partial charge in [-0.05, 0) is 11.1 Å². The van der Waals surface area contributed by atoms with Gasteiger partial charge in [0.2, 0.25) is 0 Å². The summed E-state index contributed by atoms with van der Waals surface area (Å²) < 4.78 is 0. The number of β-amino-alcohol motifs (C(OH)–C–C–N with tert-alkyl or cyclic N) is 1. The van der Waals surface area contributed by atoms with Crippen LogP contribution in [0.2, 0.25) is 0 Å². The predicted octanol–water partition coefficient (Wildman–Crippen LogP) is 1.79. The highest BCUT2D eigenvalue weighted by Gasteiger charge is 2.30. The second kappa shape index (κ2) is 5.68. The van der Waals surface area contributed by atoms with Crippen LogP contribution in [0.15, 0.2) is 35.4 Å². The van der Waals surface area contributed by atoms with E-state index in [0.29, 0.717) is 13.1 Å². The quantitative estimate of drug-likeness (QED) is 0.488. The Bertz CT molecular complexity index is 402. The fourth-order valence-corrected chi connectivity index (χ4v) is 2.23. The number of hydrogen-bond acceptors (Lipinski definition) is 3. The van der Waals surface area contributed by atoms with Crippen molar-refractivity contribution in [2.45, 2.75) is 12.6 Å².